The Morgan fingerprint density at radius 2 is 0.941 bits per heavy atom. The highest BCUT2D eigenvalue weighted by Crippen LogP contribution is 2.40. The third-order valence-corrected chi connectivity index (χ3v) is 5.37. The number of hydrogen-bond donors (Lipinski definition) is 2. The minimum absolute atomic E-state index is 0.128. The summed E-state index contributed by atoms with van der Waals surface area (Å²) >= 11 is 0. The SMILES string of the molecule is COc1cccc(OC)c1-c1cccc(C)c1F.Cc1cccc(-c2c(O)cccc2O)c1F. The number of benzene rings is 4. The second-order valence-electron chi connectivity index (χ2n) is 7.58. The summed E-state index contributed by atoms with van der Waals surface area (Å²) in [4.78, 5) is 0. The first-order valence-corrected chi connectivity index (χ1v) is 10.5. The van der Waals surface area contributed by atoms with Crippen molar-refractivity contribution in [2.45, 2.75) is 13.8 Å². The van der Waals surface area contributed by atoms with Gasteiger partial charge in [-0.25, -0.2) is 8.78 Å². The molecule has 0 saturated carbocycles. The largest absolute Gasteiger partial charge is 0.507 e. The molecule has 0 aromatic heterocycles. The fourth-order valence-corrected chi connectivity index (χ4v) is 3.60. The normalized spacial score (nSPS) is 10.3. The molecule has 4 aromatic carbocycles. The zero-order valence-corrected chi connectivity index (χ0v) is 19.4. The molecule has 4 nitrogen and oxygen atoms in total. The van der Waals surface area contributed by atoms with Gasteiger partial charge in [-0.2, -0.15) is 0 Å². The van der Waals surface area contributed by atoms with Gasteiger partial charge in [0.2, 0.25) is 0 Å². The van der Waals surface area contributed by atoms with E-state index in [1.165, 1.54) is 24.3 Å². The molecule has 4 rings (SSSR count). The van der Waals surface area contributed by atoms with E-state index in [2.05, 4.69) is 0 Å². The van der Waals surface area contributed by atoms with Crippen molar-refractivity contribution in [3.05, 3.63) is 95.6 Å². The average molecular weight is 465 g/mol. The molecule has 34 heavy (non-hydrogen) atoms. The van der Waals surface area contributed by atoms with E-state index in [-0.39, 0.29) is 28.4 Å². The van der Waals surface area contributed by atoms with Crippen LogP contribution in [0.4, 0.5) is 8.78 Å². The predicted octanol–water partition coefficient (Wildman–Crippen LogP) is 7.03. The van der Waals surface area contributed by atoms with Gasteiger partial charge in [-0.1, -0.05) is 48.5 Å². The maximum absolute atomic E-state index is 14.2. The molecule has 176 valence electrons. The highest BCUT2D eigenvalue weighted by atomic mass is 19.1. The second kappa shape index (κ2) is 10.7. The van der Waals surface area contributed by atoms with E-state index in [9.17, 15) is 19.0 Å². The summed E-state index contributed by atoms with van der Waals surface area (Å²) < 4.78 is 38.6. The maximum Gasteiger partial charge on any atom is 0.134 e. The standard InChI is InChI=1S/C15H15FO2.C13H11FO2/c1-10-6-4-7-11(15(10)16)14-12(17-2)8-5-9-13(14)18-3;1-8-4-2-5-9(13(8)14)12-10(15)6-3-7-11(12)16/h4-9H,1-3H3;2-7,15-16H,1H3. The van der Waals surface area contributed by atoms with E-state index in [1.807, 2.05) is 12.1 Å². The molecule has 0 atom stereocenters. The molecule has 0 aliphatic carbocycles. The van der Waals surface area contributed by atoms with Crippen molar-refractivity contribution in [1.82, 2.24) is 0 Å². The van der Waals surface area contributed by atoms with Crippen molar-refractivity contribution < 1.29 is 28.5 Å². The Kier molecular flexibility index (Phi) is 7.74. The van der Waals surface area contributed by atoms with Gasteiger partial charge in [0, 0.05) is 11.1 Å². The van der Waals surface area contributed by atoms with E-state index in [1.54, 1.807) is 64.5 Å². The third-order valence-electron chi connectivity index (χ3n) is 5.37. The molecule has 0 amide bonds. The monoisotopic (exact) mass is 464 g/mol. The summed E-state index contributed by atoms with van der Waals surface area (Å²) in [5.41, 5.74) is 2.54. The van der Waals surface area contributed by atoms with Crippen LogP contribution >= 0.6 is 0 Å². The van der Waals surface area contributed by atoms with Gasteiger partial charge in [-0.05, 0) is 49.2 Å². The van der Waals surface area contributed by atoms with E-state index >= 15 is 0 Å². The molecule has 4 aromatic rings. The Labute approximate surface area is 197 Å². The molecule has 2 N–H and O–H groups in total. The van der Waals surface area contributed by atoms with Crippen molar-refractivity contribution in [2.75, 3.05) is 14.2 Å². The molecule has 0 bridgehead atoms. The Bertz CT molecular complexity index is 1260. The van der Waals surface area contributed by atoms with E-state index < -0.39 is 5.82 Å². The quantitative estimate of drug-likeness (QED) is 0.340. The Morgan fingerprint density at radius 1 is 0.559 bits per heavy atom. The number of hydrogen-bond acceptors (Lipinski definition) is 4. The van der Waals surface area contributed by atoms with Crippen LogP contribution in [0.3, 0.4) is 0 Å². The molecule has 6 heteroatoms. The van der Waals surface area contributed by atoms with Crippen LogP contribution in [0.25, 0.3) is 22.3 Å². The van der Waals surface area contributed by atoms with Gasteiger partial charge < -0.3 is 19.7 Å². The van der Waals surface area contributed by atoms with E-state index in [0.29, 0.717) is 33.8 Å². The van der Waals surface area contributed by atoms with Crippen molar-refractivity contribution in [2.24, 2.45) is 0 Å². The molecule has 0 radical (unpaired) electrons. The lowest BCUT2D eigenvalue weighted by atomic mass is 10.0. The Morgan fingerprint density at radius 3 is 1.38 bits per heavy atom. The first-order valence-electron chi connectivity index (χ1n) is 10.5. The smallest absolute Gasteiger partial charge is 0.134 e. The molecule has 0 saturated heterocycles. The number of methoxy groups -OCH3 is 2. The van der Waals surface area contributed by atoms with Crippen LogP contribution in [0.2, 0.25) is 0 Å². The highest BCUT2D eigenvalue weighted by Gasteiger charge is 2.17. The summed E-state index contributed by atoms with van der Waals surface area (Å²) in [5.74, 6) is 0.242. The fraction of sp³-hybridized carbons (Fsp3) is 0.143. The molecule has 0 aliphatic heterocycles. The Hall–Kier alpha value is -4.06. The number of halogens is 2. The van der Waals surface area contributed by atoms with Crippen molar-refractivity contribution in [3.8, 4) is 45.3 Å². The van der Waals surface area contributed by atoms with Crippen LogP contribution in [-0.4, -0.2) is 24.4 Å². The van der Waals surface area contributed by atoms with Gasteiger partial charge >= 0.3 is 0 Å². The van der Waals surface area contributed by atoms with Gasteiger partial charge in [-0.3, -0.25) is 0 Å². The molecular weight excluding hydrogens is 438 g/mol. The minimum Gasteiger partial charge on any atom is -0.507 e. The van der Waals surface area contributed by atoms with Crippen LogP contribution < -0.4 is 9.47 Å². The maximum atomic E-state index is 14.2. The molecular formula is C28H26F2O4. The zero-order valence-electron chi connectivity index (χ0n) is 19.4. The molecule has 0 fully saturated rings. The number of rotatable bonds is 4. The molecule has 0 unspecified atom stereocenters. The number of phenolic OH excluding ortho intramolecular Hbond substituents is 2. The summed E-state index contributed by atoms with van der Waals surface area (Å²) in [6.07, 6.45) is 0. The van der Waals surface area contributed by atoms with Crippen LogP contribution in [0.15, 0.2) is 72.8 Å². The van der Waals surface area contributed by atoms with Crippen LogP contribution in [0, 0.1) is 25.5 Å². The fourth-order valence-electron chi connectivity index (χ4n) is 3.60. The zero-order chi connectivity index (χ0) is 24.8. The van der Waals surface area contributed by atoms with Crippen molar-refractivity contribution >= 4 is 0 Å². The molecule has 0 spiro atoms. The first kappa shape index (κ1) is 24.6. The summed E-state index contributed by atoms with van der Waals surface area (Å²) in [6, 6.07) is 19.8. The van der Waals surface area contributed by atoms with Gasteiger partial charge in [0.25, 0.3) is 0 Å². The van der Waals surface area contributed by atoms with Crippen LogP contribution in [0.5, 0.6) is 23.0 Å². The summed E-state index contributed by atoms with van der Waals surface area (Å²) in [5, 5.41) is 19.3. The van der Waals surface area contributed by atoms with Crippen LogP contribution in [0.1, 0.15) is 11.1 Å². The molecule has 0 heterocycles. The number of ether oxygens (including phenoxy) is 2. The Balaban J connectivity index is 0.000000192. The number of phenols is 2. The lowest BCUT2D eigenvalue weighted by Gasteiger charge is -2.14. The van der Waals surface area contributed by atoms with Crippen molar-refractivity contribution in [3.63, 3.8) is 0 Å². The number of aryl methyl sites for hydroxylation is 2. The third kappa shape index (κ3) is 4.96. The number of aromatic hydroxyl groups is 2. The second-order valence-corrected chi connectivity index (χ2v) is 7.58. The van der Waals surface area contributed by atoms with Gasteiger partial charge in [0.05, 0.1) is 25.3 Å². The minimum atomic E-state index is -0.431. The molecule has 0 aliphatic rings. The first-order chi connectivity index (χ1) is 16.3. The lowest BCUT2D eigenvalue weighted by molar-refractivity contribution is 0.397. The van der Waals surface area contributed by atoms with E-state index in [4.69, 9.17) is 9.47 Å². The lowest BCUT2D eigenvalue weighted by Crippen LogP contribution is -1.96. The summed E-state index contributed by atoms with van der Waals surface area (Å²) in [6.45, 7) is 3.37. The highest BCUT2D eigenvalue weighted by molar-refractivity contribution is 5.78. The van der Waals surface area contributed by atoms with Gasteiger partial charge in [0.1, 0.15) is 34.6 Å². The topological polar surface area (TPSA) is 58.9 Å². The van der Waals surface area contributed by atoms with Gasteiger partial charge in [-0.15, -0.1) is 0 Å². The average Bonchev–Trinajstić information content (AvgIpc) is 2.83. The van der Waals surface area contributed by atoms with Crippen LogP contribution in [-0.2, 0) is 0 Å². The van der Waals surface area contributed by atoms with Crippen molar-refractivity contribution in [1.29, 1.82) is 0 Å². The van der Waals surface area contributed by atoms with Gasteiger partial charge in [0.15, 0.2) is 0 Å². The summed E-state index contributed by atoms with van der Waals surface area (Å²) in [7, 11) is 3.12. The predicted molar refractivity (Wildman–Crippen MR) is 130 cm³/mol. The van der Waals surface area contributed by atoms with E-state index in [0.717, 1.165) is 0 Å².